The molecule has 0 fully saturated rings. The van der Waals surface area contributed by atoms with Crippen LogP contribution >= 0.6 is 0 Å². The van der Waals surface area contributed by atoms with Crippen LogP contribution in [0.1, 0.15) is 64.8 Å². The first-order valence-electron chi connectivity index (χ1n) is 12.5. The fourth-order valence-corrected chi connectivity index (χ4v) is 5.10. The number of aliphatic hydroxyl groups is 1. The molecule has 182 valence electrons. The Balaban J connectivity index is 1.47. The lowest BCUT2D eigenvalue weighted by Crippen LogP contribution is -2.22. The number of imidazole rings is 1. The fourth-order valence-electron chi connectivity index (χ4n) is 5.10. The lowest BCUT2D eigenvalue weighted by Gasteiger charge is -2.27. The third-order valence-electron chi connectivity index (χ3n) is 7.06. The van der Waals surface area contributed by atoms with E-state index in [2.05, 4.69) is 58.2 Å². The summed E-state index contributed by atoms with van der Waals surface area (Å²) >= 11 is 0. The van der Waals surface area contributed by atoms with Crippen LogP contribution in [0.4, 0.5) is 11.6 Å². The summed E-state index contributed by atoms with van der Waals surface area (Å²) in [6.45, 7) is 7.03. The molecule has 1 unspecified atom stereocenters. The molecule has 1 aliphatic rings. The molecular weight excluding hydrogens is 436 g/mol. The molecule has 2 heterocycles. The van der Waals surface area contributed by atoms with Crippen LogP contribution in [0.2, 0.25) is 0 Å². The number of rotatable bonds is 7. The first kappa shape index (κ1) is 23.3. The molecule has 2 aromatic heterocycles. The molecule has 4 aromatic rings. The van der Waals surface area contributed by atoms with Crippen LogP contribution in [-0.2, 0) is 19.4 Å². The zero-order valence-corrected chi connectivity index (χ0v) is 20.8. The molecule has 7 heteroatoms. The lowest BCUT2D eigenvalue weighted by molar-refractivity contribution is 0.288. The van der Waals surface area contributed by atoms with Crippen molar-refractivity contribution in [2.24, 2.45) is 0 Å². The van der Waals surface area contributed by atoms with Crippen LogP contribution in [0.25, 0.3) is 11.0 Å². The van der Waals surface area contributed by atoms with Crippen molar-refractivity contribution in [1.82, 2.24) is 19.5 Å². The Hall–Kier alpha value is -3.45. The van der Waals surface area contributed by atoms with Crippen molar-refractivity contribution in [3.8, 4) is 0 Å². The Kier molecular flexibility index (Phi) is 6.43. The molecule has 0 spiro atoms. The van der Waals surface area contributed by atoms with Gasteiger partial charge in [0.15, 0.2) is 0 Å². The highest BCUT2D eigenvalue weighted by atomic mass is 16.2. The summed E-state index contributed by atoms with van der Waals surface area (Å²) in [6.07, 6.45) is 4.59. The highest BCUT2D eigenvalue weighted by molar-refractivity contribution is 5.79. The summed E-state index contributed by atoms with van der Waals surface area (Å²) in [5, 5.41) is 12.9. The number of nitrogens with one attached hydrogen (secondary N) is 1. The van der Waals surface area contributed by atoms with Crippen molar-refractivity contribution < 1.29 is 5.11 Å². The van der Waals surface area contributed by atoms with E-state index in [9.17, 15) is 5.11 Å². The number of nitrogens with two attached hydrogens (primary N) is 1. The van der Waals surface area contributed by atoms with Gasteiger partial charge in [-0.15, -0.1) is 0 Å². The third kappa shape index (κ3) is 4.60. The second kappa shape index (κ2) is 9.66. The molecule has 0 saturated carbocycles. The first-order chi connectivity index (χ1) is 16.9. The molecule has 1 atom stereocenters. The van der Waals surface area contributed by atoms with Gasteiger partial charge >= 0.3 is 0 Å². The lowest BCUT2D eigenvalue weighted by atomic mass is 9.94. The maximum Gasteiger partial charge on any atom is 0.201 e. The van der Waals surface area contributed by atoms with Gasteiger partial charge in [-0.25, -0.2) is 4.98 Å². The molecular formula is C28H34N6O. The maximum absolute atomic E-state index is 9.26. The van der Waals surface area contributed by atoms with E-state index in [1.807, 2.05) is 13.8 Å². The van der Waals surface area contributed by atoms with E-state index >= 15 is 0 Å². The molecule has 5 rings (SSSR count). The fraction of sp³-hybridized carbons (Fsp3) is 0.393. The average molecular weight is 471 g/mol. The predicted octanol–water partition coefficient (Wildman–Crippen LogP) is 4.80. The summed E-state index contributed by atoms with van der Waals surface area (Å²) in [7, 11) is 0. The standard InChI is InChI=1S/C28H34N6O/c1-17-9-11-21(6-5-13-35)24(14-17)30-16-20-10-12-22-26(15-20)34(28(29)33-22)25-8-4-7-23-27(25)32-19(3)18(2)31-23/h9-12,14-15,25,30,35H,4-8,13,16H2,1-3H3,(H2,29,33). The summed E-state index contributed by atoms with van der Waals surface area (Å²) in [5.41, 5.74) is 17.2. The van der Waals surface area contributed by atoms with Gasteiger partial charge < -0.3 is 20.7 Å². The summed E-state index contributed by atoms with van der Waals surface area (Å²) in [5.74, 6) is 0.521. The first-order valence-corrected chi connectivity index (χ1v) is 12.5. The zero-order chi connectivity index (χ0) is 24.5. The molecule has 4 N–H and O–H groups in total. The van der Waals surface area contributed by atoms with Gasteiger partial charge in [0.1, 0.15) is 0 Å². The van der Waals surface area contributed by atoms with Crippen LogP contribution in [0.3, 0.4) is 0 Å². The number of aromatic nitrogens is 4. The normalized spacial score (nSPS) is 15.4. The number of nitrogen functional groups attached to an aromatic ring is 1. The van der Waals surface area contributed by atoms with Crippen LogP contribution in [0.5, 0.6) is 0 Å². The predicted molar refractivity (Wildman–Crippen MR) is 141 cm³/mol. The van der Waals surface area contributed by atoms with Gasteiger partial charge in [0.2, 0.25) is 5.95 Å². The van der Waals surface area contributed by atoms with Gasteiger partial charge in [0.05, 0.1) is 39.9 Å². The maximum atomic E-state index is 9.26. The minimum absolute atomic E-state index is 0.0422. The van der Waals surface area contributed by atoms with Crippen molar-refractivity contribution in [3.05, 3.63) is 75.9 Å². The van der Waals surface area contributed by atoms with Crippen molar-refractivity contribution in [1.29, 1.82) is 0 Å². The van der Waals surface area contributed by atoms with Crippen molar-refractivity contribution in [2.45, 2.75) is 65.5 Å². The van der Waals surface area contributed by atoms with Crippen molar-refractivity contribution >= 4 is 22.7 Å². The van der Waals surface area contributed by atoms with E-state index in [4.69, 9.17) is 15.7 Å². The summed E-state index contributed by atoms with van der Waals surface area (Å²) in [4.78, 5) is 14.4. The Morgan fingerprint density at radius 1 is 1.06 bits per heavy atom. The van der Waals surface area contributed by atoms with E-state index in [-0.39, 0.29) is 12.6 Å². The molecule has 2 aromatic carbocycles. The van der Waals surface area contributed by atoms with Gasteiger partial charge in [0, 0.05) is 18.8 Å². The molecule has 0 bridgehead atoms. The van der Waals surface area contributed by atoms with Crippen LogP contribution in [0, 0.1) is 20.8 Å². The van der Waals surface area contributed by atoms with E-state index in [1.54, 1.807) is 0 Å². The Bertz CT molecular complexity index is 1380. The molecule has 0 amide bonds. The van der Waals surface area contributed by atoms with Crippen molar-refractivity contribution in [2.75, 3.05) is 17.7 Å². The minimum atomic E-state index is 0.0422. The highest BCUT2D eigenvalue weighted by Gasteiger charge is 2.28. The molecule has 35 heavy (non-hydrogen) atoms. The molecule has 0 radical (unpaired) electrons. The number of fused-ring (bicyclic) bond motifs is 2. The van der Waals surface area contributed by atoms with Gasteiger partial charge in [-0.2, -0.15) is 0 Å². The Morgan fingerprint density at radius 2 is 1.89 bits per heavy atom. The molecule has 1 aliphatic carbocycles. The van der Waals surface area contributed by atoms with E-state index in [1.165, 1.54) is 11.1 Å². The summed E-state index contributed by atoms with van der Waals surface area (Å²) in [6, 6.07) is 12.8. The van der Waals surface area contributed by atoms with Gasteiger partial charge in [0.25, 0.3) is 0 Å². The number of anilines is 2. The SMILES string of the molecule is Cc1ccc(CCCO)c(NCc2ccc3nc(N)n(C4CCCc5nc(C)c(C)nc54)c3c2)c1. The second-order valence-corrected chi connectivity index (χ2v) is 9.64. The topological polar surface area (TPSA) is 102 Å². The van der Waals surface area contributed by atoms with Gasteiger partial charge in [-0.3, -0.25) is 9.97 Å². The summed E-state index contributed by atoms with van der Waals surface area (Å²) < 4.78 is 2.15. The molecule has 0 aliphatic heterocycles. The Morgan fingerprint density at radius 3 is 2.71 bits per heavy atom. The number of benzene rings is 2. The minimum Gasteiger partial charge on any atom is -0.396 e. The molecule has 7 nitrogen and oxygen atoms in total. The van der Waals surface area contributed by atoms with Crippen molar-refractivity contribution in [3.63, 3.8) is 0 Å². The highest BCUT2D eigenvalue weighted by Crippen LogP contribution is 2.36. The number of aryl methyl sites for hydroxylation is 5. The van der Waals surface area contributed by atoms with E-state index in [0.717, 1.165) is 77.2 Å². The number of hydrogen-bond acceptors (Lipinski definition) is 6. The number of hydrogen-bond donors (Lipinski definition) is 3. The average Bonchev–Trinajstić information content (AvgIpc) is 3.17. The van der Waals surface area contributed by atoms with E-state index < -0.39 is 0 Å². The van der Waals surface area contributed by atoms with Crippen LogP contribution in [-0.4, -0.2) is 31.2 Å². The number of nitrogens with zero attached hydrogens (tertiary/aromatic N) is 4. The third-order valence-corrected chi connectivity index (χ3v) is 7.06. The smallest absolute Gasteiger partial charge is 0.201 e. The van der Waals surface area contributed by atoms with Gasteiger partial charge in [-0.1, -0.05) is 18.2 Å². The zero-order valence-electron chi connectivity index (χ0n) is 20.8. The van der Waals surface area contributed by atoms with Crippen LogP contribution < -0.4 is 11.1 Å². The van der Waals surface area contributed by atoms with Crippen LogP contribution in [0.15, 0.2) is 36.4 Å². The number of aliphatic hydroxyl groups excluding tert-OH is 1. The van der Waals surface area contributed by atoms with E-state index in [0.29, 0.717) is 12.5 Å². The second-order valence-electron chi connectivity index (χ2n) is 9.64. The van der Waals surface area contributed by atoms with Gasteiger partial charge in [-0.05, 0) is 87.8 Å². The largest absolute Gasteiger partial charge is 0.396 e. The quantitative estimate of drug-likeness (QED) is 0.359. The Labute approximate surface area is 206 Å². The molecule has 0 saturated heterocycles. The monoisotopic (exact) mass is 470 g/mol.